The Bertz CT molecular complexity index is 340. The highest BCUT2D eigenvalue weighted by molar-refractivity contribution is 7.21. The first-order valence-electron chi connectivity index (χ1n) is 6.73. The molecule has 3 rings (SSSR count). The zero-order valence-electron chi connectivity index (χ0n) is 10.5. The van der Waals surface area contributed by atoms with Gasteiger partial charge in [0, 0.05) is 23.2 Å². The molecule has 1 unspecified atom stereocenters. The Balaban J connectivity index is 1.90. The van der Waals surface area contributed by atoms with Crippen molar-refractivity contribution in [3.63, 3.8) is 0 Å². The maximum absolute atomic E-state index is 8.26. The average molecular weight is 255 g/mol. The van der Waals surface area contributed by atoms with Gasteiger partial charge in [-0.15, -0.1) is 9.24 Å². The van der Waals surface area contributed by atoms with Crippen LogP contribution < -0.4 is 0 Å². The van der Waals surface area contributed by atoms with Gasteiger partial charge in [-0.3, -0.25) is 0 Å². The molecule has 4 atom stereocenters. The van der Waals surface area contributed by atoms with Crippen LogP contribution in [0.25, 0.3) is 0 Å². The van der Waals surface area contributed by atoms with Crippen molar-refractivity contribution in [3.8, 4) is 0 Å². The summed E-state index contributed by atoms with van der Waals surface area (Å²) in [5.41, 5.74) is 0.929. The van der Waals surface area contributed by atoms with Gasteiger partial charge in [-0.1, -0.05) is 6.92 Å². The van der Waals surface area contributed by atoms with Crippen molar-refractivity contribution >= 4 is 15.0 Å². The summed E-state index contributed by atoms with van der Waals surface area (Å²) in [6, 6.07) is 0. The molecular formula is C13H22NO2P. The van der Waals surface area contributed by atoms with E-state index < -0.39 is 0 Å². The lowest BCUT2D eigenvalue weighted by molar-refractivity contribution is -0.224. The summed E-state index contributed by atoms with van der Waals surface area (Å²) in [4.78, 5) is 0. The third kappa shape index (κ3) is 1.63. The van der Waals surface area contributed by atoms with E-state index in [0.717, 1.165) is 44.6 Å². The van der Waals surface area contributed by atoms with Crippen molar-refractivity contribution in [2.75, 3.05) is 13.2 Å². The molecule has 1 N–H and O–H groups in total. The van der Waals surface area contributed by atoms with Crippen LogP contribution in [0.4, 0.5) is 0 Å². The normalized spacial score (nSPS) is 44.9. The lowest BCUT2D eigenvalue weighted by atomic mass is 9.62. The molecule has 3 nitrogen and oxygen atoms in total. The monoisotopic (exact) mass is 255 g/mol. The van der Waals surface area contributed by atoms with E-state index in [0.29, 0.717) is 11.8 Å². The highest BCUT2D eigenvalue weighted by Gasteiger charge is 2.57. The minimum Gasteiger partial charge on any atom is -0.347 e. The van der Waals surface area contributed by atoms with Gasteiger partial charge in [0.2, 0.25) is 0 Å². The number of fused-ring (bicyclic) bond motifs is 1. The fourth-order valence-corrected chi connectivity index (χ4v) is 4.78. The molecule has 3 aliphatic rings. The lowest BCUT2D eigenvalue weighted by Gasteiger charge is -2.54. The molecule has 3 fully saturated rings. The van der Waals surface area contributed by atoms with Gasteiger partial charge in [0.05, 0.1) is 13.2 Å². The highest BCUT2D eigenvalue weighted by Crippen LogP contribution is 2.55. The maximum Gasteiger partial charge on any atom is 0.171 e. The minimum absolute atomic E-state index is 0.0260. The van der Waals surface area contributed by atoms with E-state index in [9.17, 15) is 0 Å². The topological polar surface area (TPSA) is 42.3 Å². The van der Waals surface area contributed by atoms with E-state index in [4.69, 9.17) is 14.9 Å². The summed E-state index contributed by atoms with van der Waals surface area (Å²) >= 11 is 0. The van der Waals surface area contributed by atoms with E-state index in [-0.39, 0.29) is 10.9 Å². The summed E-state index contributed by atoms with van der Waals surface area (Å²) in [5.74, 6) is 0.597. The standard InChI is InChI=1S/C13H22NO2P/c1-9-10-3-2-4-11(14)12(10,17)5-6-13(9)15-7-8-16-13/h9-10,14H,2-8,17H2,1H3/t9-,10-,12+/m1/s1. The van der Waals surface area contributed by atoms with E-state index >= 15 is 0 Å². The molecule has 0 aromatic rings. The molecule has 4 heteroatoms. The van der Waals surface area contributed by atoms with Crippen molar-refractivity contribution in [3.05, 3.63) is 0 Å². The predicted octanol–water partition coefficient (Wildman–Crippen LogP) is 2.59. The average Bonchev–Trinajstić information content (AvgIpc) is 2.78. The summed E-state index contributed by atoms with van der Waals surface area (Å²) in [6.07, 6.45) is 5.30. The molecule has 1 heterocycles. The summed E-state index contributed by atoms with van der Waals surface area (Å²) in [7, 11) is 2.99. The molecule has 0 amide bonds. The molecule has 96 valence electrons. The third-order valence-electron chi connectivity index (χ3n) is 5.13. The maximum atomic E-state index is 8.26. The second-order valence-electron chi connectivity index (χ2n) is 5.82. The fraction of sp³-hybridized carbons (Fsp3) is 0.923. The van der Waals surface area contributed by atoms with Crippen LogP contribution in [0, 0.1) is 17.2 Å². The fourth-order valence-electron chi connectivity index (χ4n) is 4.04. The minimum atomic E-state index is -0.331. The van der Waals surface area contributed by atoms with Crippen molar-refractivity contribution in [2.45, 2.75) is 50.0 Å². The smallest absolute Gasteiger partial charge is 0.171 e. The molecule has 0 aromatic heterocycles. The summed E-state index contributed by atoms with van der Waals surface area (Å²) < 4.78 is 11.8. The van der Waals surface area contributed by atoms with Crippen LogP contribution in [0.15, 0.2) is 0 Å². The van der Waals surface area contributed by atoms with Gasteiger partial charge in [-0.05, 0) is 31.6 Å². The Hall–Kier alpha value is 0.0200. The Labute approximate surface area is 105 Å². The first-order chi connectivity index (χ1) is 8.08. The van der Waals surface area contributed by atoms with Crippen LogP contribution in [0.3, 0.4) is 0 Å². The van der Waals surface area contributed by atoms with Gasteiger partial charge in [0.15, 0.2) is 5.79 Å². The third-order valence-corrected chi connectivity index (χ3v) is 6.19. The van der Waals surface area contributed by atoms with Gasteiger partial charge in [-0.2, -0.15) is 0 Å². The number of nitrogens with one attached hydrogen (secondary N) is 1. The second-order valence-corrected chi connectivity index (χ2v) is 6.85. The van der Waals surface area contributed by atoms with Crippen molar-refractivity contribution < 1.29 is 9.47 Å². The SMILES string of the molecule is C[C@@H]1[C@H]2CCCC(=N)[C@]2(P)CCC12OCCO2. The van der Waals surface area contributed by atoms with Crippen molar-refractivity contribution in [2.24, 2.45) is 11.8 Å². The van der Waals surface area contributed by atoms with Crippen LogP contribution in [-0.4, -0.2) is 29.9 Å². The van der Waals surface area contributed by atoms with Gasteiger partial charge >= 0.3 is 0 Å². The molecule has 17 heavy (non-hydrogen) atoms. The first kappa shape index (κ1) is 12.1. The second kappa shape index (κ2) is 4.01. The van der Waals surface area contributed by atoms with Crippen LogP contribution in [0.5, 0.6) is 0 Å². The van der Waals surface area contributed by atoms with Gasteiger partial charge in [-0.25, -0.2) is 0 Å². The Kier molecular flexibility index (Phi) is 2.85. The number of hydrogen-bond donors (Lipinski definition) is 1. The van der Waals surface area contributed by atoms with E-state index in [1.165, 1.54) is 6.42 Å². The number of hydrogen-bond acceptors (Lipinski definition) is 3. The first-order valence-corrected chi connectivity index (χ1v) is 7.31. The Morgan fingerprint density at radius 2 is 2.00 bits per heavy atom. The van der Waals surface area contributed by atoms with E-state index in [2.05, 4.69) is 16.2 Å². The zero-order valence-corrected chi connectivity index (χ0v) is 11.7. The summed E-state index contributed by atoms with van der Waals surface area (Å²) in [6.45, 7) is 3.73. The Morgan fingerprint density at radius 3 is 2.71 bits per heavy atom. The van der Waals surface area contributed by atoms with Gasteiger partial charge in [0.1, 0.15) is 0 Å². The van der Waals surface area contributed by atoms with Crippen LogP contribution in [0.2, 0.25) is 0 Å². The van der Waals surface area contributed by atoms with Gasteiger partial charge < -0.3 is 14.9 Å². The van der Waals surface area contributed by atoms with E-state index in [1.807, 2.05) is 0 Å². The molecule has 0 radical (unpaired) electrons. The van der Waals surface area contributed by atoms with Gasteiger partial charge in [0.25, 0.3) is 0 Å². The van der Waals surface area contributed by atoms with Crippen molar-refractivity contribution in [1.82, 2.24) is 0 Å². The Morgan fingerprint density at radius 1 is 1.29 bits per heavy atom. The highest BCUT2D eigenvalue weighted by atomic mass is 31.0. The number of ether oxygens (including phenoxy) is 2. The molecule has 1 spiro atoms. The molecule has 2 aliphatic carbocycles. The van der Waals surface area contributed by atoms with E-state index in [1.54, 1.807) is 0 Å². The molecule has 2 saturated carbocycles. The molecule has 0 bridgehead atoms. The van der Waals surface area contributed by atoms with Crippen LogP contribution >= 0.6 is 9.24 Å². The van der Waals surface area contributed by atoms with Crippen LogP contribution in [-0.2, 0) is 9.47 Å². The quantitative estimate of drug-likeness (QED) is 0.676. The molecule has 1 aliphatic heterocycles. The lowest BCUT2D eigenvalue weighted by Crippen LogP contribution is -2.57. The predicted molar refractivity (Wildman–Crippen MR) is 70.5 cm³/mol. The molecular weight excluding hydrogens is 233 g/mol. The zero-order chi connectivity index (χ0) is 12.1. The van der Waals surface area contributed by atoms with Crippen molar-refractivity contribution in [1.29, 1.82) is 5.41 Å². The largest absolute Gasteiger partial charge is 0.347 e. The molecule has 1 saturated heterocycles. The summed E-state index contributed by atoms with van der Waals surface area (Å²) in [5, 5.41) is 8.28. The molecule has 0 aromatic carbocycles. The number of rotatable bonds is 0. The van der Waals surface area contributed by atoms with Crippen LogP contribution in [0.1, 0.15) is 39.0 Å².